The highest BCUT2D eigenvalue weighted by molar-refractivity contribution is 6.88. The molecule has 0 unspecified atom stereocenters. The van der Waals surface area contributed by atoms with Crippen LogP contribution in [0.25, 0.3) is 22.4 Å². The van der Waals surface area contributed by atoms with Crippen molar-refractivity contribution in [3.63, 3.8) is 0 Å². The maximum Gasteiger partial charge on any atom is 0.416 e. The summed E-state index contributed by atoms with van der Waals surface area (Å²) >= 11 is 0. The predicted octanol–water partition coefficient (Wildman–Crippen LogP) is 6.03. The van der Waals surface area contributed by atoms with Crippen LogP contribution in [0.5, 0.6) is 0 Å². The fraction of sp³-hybridized carbons (Fsp3) is 0.292. The Balaban J connectivity index is 2.21. The molecule has 0 spiro atoms. The molecule has 152 valence electrons. The van der Waals surface area contributed by atoms with Crippen molar-refractivity contribution in [3.05, 3.63) is 71.4 Å². The van der Waals surface area contributed by atoms with E-state index in [1.165, 1.54) is 17.3 Å². The van der Waals surface area contributed by atoms with E-state index in [1.54, 1.807) is 12.1 Å². The SMILES string of the molecule is [2H]C([2H])([2H])c1cc(C)c(-c2ccc([Si](C)(C)C)c[n+]2C)cc1-c1ccc(C(F)(F)F)cc1. The van der Waals surface area contributed by atoms with Crippen LogP contribution in [0.15, 0.2) is 54.7 Å². The largest absolute Gasteiger partial charge is 0.416 e. The van der Waals surface area contributed by atoms with Crippen molar-refractivity contribution in [1.29, 1.82) is 0 Å². The van der Waals surface area contributed by atoms with E-state index in [2.05, 4.69) is 31.9 Å². The summed E-state index contributed by atoms with van der Waals surface area (Å²) in [5.74, 6) is 0. The maximum atomic E-state index is 13.0. The predicted molar refractivity (Wildman–Crippen MR) is 116 cm³/mol. The van der Waals surface area contributed by atoms with Crippen molar-refractivity contribution in [1.82, 2.24) is 0 Å². The van der Waals surface area contributed by atoms with Gasteiger partial charge in [-0.1, -0.05) is 43.9 Å². The van der Waals surface area contributed by atoms with Crippen LogP contribution in [0.2, 0.25) is 19.6 Å². The molecule has 0 atom stereocenters. The molecule has 0 fully saturated rings. The van der Waals surface area contributed by atoms with Gasteiger partial charge in [0.15, 0.2) is 6.20 Å². The molecule has 0 N–H and O–H groups in total. The summed E-state index contributed by atoms with van der Waals surface area (Å²) in [6.07, 6.45) is -2.34. The zero-order valence-electron chi connectivity index (χ0n) is 20.3. The van der Waals surface area contributed by atoms with Gasteiger partial charge >= 0.3 is 6.18 Å². The van der Waals surface area contributed by atoms with Crippen LogP contribution in [0.4, 0.5) is 13.2 Å². The minimum absolute atomic E-state index is 0.125. The topological polar surface area (TPSA) is 3.88 Å². The number of alkyl halides is 3. The third-order valence-corrected chi connectivity index (χ3v) is 7.19. The molecule has 0 saturated heterocycles. The number of benzene rings is 2. The highest BCUT2D eigenvalue weighted by Crippen LogP contribution is 2.34. The first-order valence-electron chi connectivity index (χ1n) is 10.9. The van der Waals surface area contributed by atoms with Gasteiger partial charge in [-0.15, -0.1) is 0 Å². The standard InChI is InChI=1S/C24H27F3NSi/c1-16-13-17(2)22(23-12-11-20(15-28(23)3)29(4,5)6)14-21(16)18-7-9-19(10-8-18)24(25,26)27/h7-15H,1-6H3/q+1/i1D3. The molecule has 1 heterocycles. The van der Waals surface area contributed by atoms with E-state index >= 15 is 0 Å². The summed E-state index contributed by atoms with van der Waals surface area (Å²) in [5, 5.41) is 1.29. The van der Waals surface area contributed by atoms with E-state index in [0.717, 1.165) is 29.0 Å². The second-order valence-corrected chi connectivity index (χ2v) is 13.5. The van der Waals surface area contributed by atoms with Crippen molar-refractivity contribution in [3.8, 4) is 22.4 Å². The Morgan fingerprint density at radius 3 is 2.07 bits per heavy atom. The minimum Gasteiger partial charge on any atom is -0.201 e. The van der Waals surface area contributed by atoms with Crippen LogP contribution in [0.1, 0.15) is 20.8 Å². The van der Waals surface area contributed by atoms with Crippen molar-refractivity contribution >= 4 is 13.3 Å². The van der Waals surface area contributed by atoms with Crippen LogP contribution in [0.3, 0.4) is 0 Å². The quantitative estimate of drug-likeness (QED) is 0.362. The number of nitrogens with zero attached hydrogens (tertiary/aromatic N) is 1. The number of aromatic nitrogens is 1. The molecule has 1 aromatic heterocycles. The molecule has 2 aromatic carbocycles. The zero-order chi connectivity index (χ0) is 24.1. The van der Waals surface area contributed by atoms with Gasteiger partial charge in [0.1, 0.15) is 7.05 Å². The van der Waals surface area contributed by atoms with E-state index in [0.29, 0.717) is 11.1 Å². The number of aryl methyl sites for hydroxylation is 3. The molecule has 3 aromatic rings. The number of pyridine rings is 1. The molecule has 1 nitrogen and oxygen atoms in total. The number of hydrogen-bond acceptors (Lipinski definition) is 0. The van der Waals surface area contributed by atoms with E-state index in [1.807, 2.05) is 24.6 Å². The van der Waals surface area contributed by atoms with Gasteiger partial charge in [0.05, 0.1) is 13.6 Å². The normalized spacial score (nSPS) is 14.3. The Morgan fingerprint density at radius 2 is 1.55 bits per heavy atom. The van der Waals surface area contributed by atoms with Crippen LogP contribution < -0.4 is 9.75 Å². The van der Waals surface area contributed by atoms with Crippen LogP contribution >= 0.6 is 0 Å². The second kappa shape index (κ2) is 7.45. The molecule has 29 heavy (non-hydrogen) atoms. The summed E-state index contributed by atoms with van der Waals surface area (Å²) in [7, 11) is 0.445. The lowest BCUT2D eigenvalue weighted by Crippen LogP contribution is -2.44. The molecule has 0 aliphatic carbocycles. The van der Waals surface area contributed by atoms with Crippen molar-refractivity contribution in [2.45, 2.75) is 39.6 Å². The highest BCUT2D eigenvalue weighted by Gasteiger charge is 2.30. The maximum absolute atomic E-state index is 13.0. The molecule has 0 saturated carbocycles. The van der Waals surface area contributed by atoms with Gasteiger partial charge in [0.2, 0.25) is 5.69 Å². The Kier molecular flexibility index (Phi) is 4.48. The van der Waals surface area contributed by atoms with Crippen LogP contribution in [0, 0.1) is 13.8 Å². The Bertz CT molecular complexity index is 1150. The summed E-state index contributed by atoms with van der Waals surface area (Å²) < 4.78 is 64.9. The highest BCUT2D eigenvalue weighted by atomic mass is 28.3. The zero-order valence-corrected chi connectivity index (χ0v) is 18.3. The first-order chi connectivity index (χ1) is 14.6. The van der Waals surface area contributed by atoms with E-state index in [4.69, 9.17) is 4.11 Å². The number of halogens is 3. The van der Waals surface area contributed by atoms with Gasteiger partial charge < -0.3 is 0 Å². The molecular weight excluding hydrogens is 387 g/mol. The molecule has 3 rings (SSSR count). The lowest BCUT2D eigenvalue weighted by Gasteiger charge is -2.16. The lowest BCUT2D eigenvalue weighted by molar-refractivity contribution is -0.659. The molecule has 0 amide bonds. The third kappa shape index (κ3) is 4.45. The van der Waals surface area contributed by atoms with Crippen LogP contribution in [-0.2, 0) is 13.2 Å². The van der Waals surface area contributed by atoms with Gasteiger partial charge in [-0.3, -0.25) is 0 Å². The second-order valence-electron chi connectivity index (χ2n) is 8.45. The van der Waals surface area contributed by atoms with Gasteiger partial charge in [0.25, 0.3) is 0 Å². The van der Waals surface area contributed by atoms with Gasteiger partial charge in [0, 0.05) is 20.9 Å². The van der Waals surface area contributed by atoms with Gasteiger partial charge in [-0.05, 0) is 54.2 Å². The van der Waals surface area contributed by atoms with E-state index < -0.39 is 26.7 Å². The van der Waals surface area contributed by atoms with Crippen molar-refractivity contribution in [2.24, 2.45) is 7.05 Å². The van der Waals surface area contributed by atoms with E-state index in [-0.39, 0.29) is 5.56 Å². The smallest absolute Gasteiger partial charge is 0.201 e. The Hall–Kier alpha value is -2.40. The summed E-state index contributed by atoms with van der Waals surface area (Å²) in [6.45, 7) is 6.25. The molecule has 5 heteroatoms. The monoisotopic (exact) mass is 417 g/mol. The fourth-order valence-electron chi connectivity index (χ4n) is 3.39. The molecular formula is C24H27F3NSi+. The molecule has 0 bridgehead atoms. The summed E-state index contributed by atoms with van der Waals surface area (Å²) in [4.78, 5) is 0. The minimum atomic E-state index is -4.45. The average molecular weight is 418 g/mol. The summed E-state index contributed by atoms with van der Waals surface area (Å²) in [6, 6.07) is 12.2. The average Bonchev–Trinajstić information content (AvgIpc) is 2.66. The van der Waals surface area contributed by atoms with Crippen molar-refractivity contribution < 1.29 is 21.9 Å². The van der Waals surface area contributed by atoms with Gasteiger partial charge in [-0.25, -0.2) is 4.57 Å². The molecule has 0 aliphatic heterocycles. The number of hydrogen-bond donors (Lipinski definition) is 0. The Labute approximate surface area is 176 Å². The Morgan fingerprint density at radius 1 is 0.897 bits per heavy atom. The first kappa shape index (κ1) is 17.5. The van der Waals surface area contributed by atoms with Gasteiger partial charge in [-0.2, -0.15) is 13.2 Å². The summed E-state index contributed by atoms with van der Waals surface area (Å²) in [5.41, 5.74) is 2.76. The third-order valence-electron chi connectivity index (χ3n) is 5.16. The lowest BCUT2D eigenvalue weighted by atomic mass is 9.93. The van der Waals surface area contributed by atoms with Crippen LogP contribution in [-0.4, -0.2) is 8.07 Å². The van der Waals surface area contributed by atoms with Crippen molar-refractivity contribution in [2.75, 3.05) is 0 Å². The molecule has 0 radical (unpaired) electrons. The van der Waals surface area contributed by atoms with E-state index in [9.17, 15) is 13.2 Å². The molecule has 0 aliphatic rings. The number of rotatable bonds is 3. The fourth-order valence-corrected chi connectivity index (χ4v) is 4.56. The first-order valence-corrected chi connectivity index (χ1v) is 12.9.